The average molecular weight is 239 g/mol. The highest BCUT2D eigenvalue weighted by atomic mass is 16.5. The molecule has 0 aromatic carbocycles. The molecule has 1 aromatic rings. The van der Waals surface area contributed by atoms with Crippen LogP contribution in [0, 0.1) is 0 Å². The highest BCUT2D eigenvalue weighted by molar-refractivity contribution is 4.89. The Morgan fingerprint density at radius 3 is 3.18 bits per heavy atom. The second-order valence-electron chi connectivity index (χ2n) is 4.32. The van der Waals surface area contributed by atoms with Crippen molar-refractivity contribution in [3.63, 3.8) is 0 Å². The van der Waals surface area contributed by atoms with Crippen molar-refractivity contribution in [3.8, 4) is 0 Å². The number of nitrogens with zero attached hydrogens (tertiary/aromatic N) is 4. The fourth-order valence-corrected chi connectivity index (χ4v) is 2.14. The minimum atomic E-state index is 0.180. The summed E-state index contributed by atoms with van der Waals surface area (Å²) in [6.45, 7) is 7.25. The molecule has 2 heterocycles. The van der Waals surface area contributed by atoms with Crippen molar-refractivity contribution in [2.24, 2.45) is 5.73 Å². The zero-order valence-electron chi connectivity index (χ0n) is 10.4. The predicted molar refractivity (Wildman–Crippen MR) is 64.4 cm³/mol. The van der Waals surface area contributed by atoms with E-state index in [2.05, 4.69) is 19.7 Å². The summed E-state index contributed by atoms with van der Waals surface area (Å²) in [5, 5.41) is 8.03. The highest BCUT2D eigenvalue weighted by Crippen LogP contribution is 2.10. The van der Waals surface area contributed by atoms with Crippen LogP contribution in [0.1, 0.15) is 19.2 Å². The third-order valence-corrected chi connectivity index (χ3v) is 3.15. The number of nitrogens with two attached hydrogens (primary N) is 1. The summed E-state index contributed by atoms with van der Waals surface area (Å²) in [6.07, 6.45) is 2.97. The molecule has 0 aliphatic carbocycles. The van der Waals surface area contributed by atoms with E-state index >= 15 is 0 Å². The van der Waals surface area contributed by atoms with E-state index in [1.807, 2.05) is 6.92 Å². The monoisotopic (exact) mass is 239 g/mol. The molecular weight excluding hydrogens is 218 g/mol. The Balaban J connectivity index is 1.78. The van der Waals surface area contributed by atoms with E-state index in [4.69, 9.17) is 10.5 Å². The Hall–Kier alpha value is -0.980. The van der Waals surface area contributed by atoms with Crippen LogP contribution in [0.2, 0.25) is 0 Å². The maximum absolute atomic E-state index is 5.66. The van der Waals surface area contributed by atoms with Gasteiger partial charge in [-0.1, -0.05) is 0 Å². The summed E-state index contributed by atoms with van der Waals surface area (Å²) in [7, 11) is 0. The van der Waals surface area contributed by atoms with Crippen LogP contribution in [-0.2, 0) is 17.8 Å². The zero-order chi connectivity index (χ0) is 12.1. The lowest BCUT2D eigenvalue weighted by Gasteiger charge is -2.28. The second kappa shape index (κ2) is 6.09. The molecule has 6 nitrogen and oxygen atoms in total. The van der Waals surface area contributed by atoms with Crippen LogP contribution in [-0.4, -0.2) is 52.0 Å². The quantitative estimate of drug-likeness (QED) is 0.747. The van der Waals surface area contributed by atoms with Crippen LogP contribution in [0.4, 0.5) is 0 Å². The van der Waals surface area contributed by atoms with Gasteiger partial charge in [-0.3, -0.25) is 4.90 Å². The van der Waals surface area contributed by atoms with Gasteiger partial charge in [0.05, 0.1) is 12.6 Å². The third kappa shape index (κ3) is 3.24. The smallest absolute Gasteiger partial charge is 0.147 e. The number of hydrogen-bond donors (Lipinski definition) is 1. The highest BCUT2D eigenvalue weighted by Gasteiger charge is 2.18. The maximum atomic E-state index is 5.66. The molecule has 0 fully saturated rings. The molecule has 1 unspecified atom stereocenters. The Morgan fingerprint density at radius 1 is 1.53 bits per heavy atom. The van der Waals surface area contributed by atoms with Crippen LogP contribution >= 0.6 is 0 Å². The van der Waals surface area contributed by atoms with Gasteiger partial charge in [-0.05, 0) is 13.3 Å². The molecule has 1 aromatic heterocycles. The zero-order valence-corrected chi connectivity index (χ0v) is 10.4. The Morgan fingerprint density at radius 2 is 2.41 bits per heavy atom. The summed E-state index contributed by atoms with van der Waals surface area (Å²) >= 11 is 0. The molecule has 2 N–H and O–H groups in total. The summed E-state index contributed by atoms with van der Waals surface area (Å²) in [6, 6.07) is 0. The first-order chi connectivity index (χ1) is 8.33. The van der Waals surface area contributed by atoms with Crippen LogP contribution < -0.4 is 5.73 Å². The lowest BCUT2D eigenvalue weighted by molar-refractivity contribution is 0.0515. The summed E-state index contributed by atoms with van der Waals surface area (Å²) in [5.74, 6) is 1.05. The van der Waals surface area contributed by atoms with Crippen molar-refractivity contribution >= 4 is 0 Å². The number of fused-ring (bicyclic) bond motifs is 1. The van der Waals surface area contributed by atoms with Gasteiger partial charge in [-0.2, -0.15) is 0 Å². The first kappa shape index (κ1) is 12.5. The molecule has 0 saturated heterocycles. The molecule has 0 amide bonds. The van der Waals surface area contributed by atoms with Crippen molar-refractivity contribution in [1.82, 2.24) is 19.7 Å². The van der Waals surface area contributed by atoms with E-state index in [9.17, 15) is 0 Å². The molecule has 1 atom stereocenters. The van der Waals surface area contributed by atoms with E-state index < -0.39 is 0 Å². The minimum Gasteiger partial charge on any atom is -0.377 e. The van der Waals surface area contributed by atoms with Crippen molar-refractivity contribution in [3.05, 3.63) is 12.2 Å². The van der Waals surface area contributed by atoms with Crippen LogP contribution in [0.15, 0.2) is 6.33 Å². The Kier molecular flexibility index (Phi) is 4.47. The predicted octanol–water partition coefficient (Wildman–Crippen LogP) is -0.152. The molecule has 17 heavy (non-hydrogen) atoms. The van der Waals surface area contributed by atoms with E-state index in [0.717, 1.165) is 45.0 Å². The molecule has 96 valence electrons. The summed E-state index contributed by atoms with van der Waals surface area (Å²) in [4.78, 5) is 2.38. The SMILES string of the molecule is CCOC(CN)CCN1CCn2cnnc2C1. The van der Waals surface area contributed by atoms with E-state index in [-0.39, 0.29) is 6.10 Å². The Bertz CT molecular complexity index is 340. The van der Waals surface area contributed by atoms with E-state index in [0.29, 0.717) is 6.54 Å². The van der Waals surface area contributed by atoms with Gasteiger partial charge in [0.15, 0.2) is 0 Å². The summed E-state index contributed by atoms with van der Waals surface area (Å²) in [5.41, 5.74) is 5.66. The first-order valence-corrected chi connectivity index (χ1v) is 6.24. The van der Waals surface area contributed by atoms with Crippen LogP contribution in [0.25, 0.3) is 0 Å². The van der Waals surface area contributed by atoms with Crippen molar-refractivity contribution < 1.29 is 4.74 Å². The molecule has 0 saturated carbocycles. The Labute approximate surface area is 102 Å². The fraction of sp³-hybridized carbons (Fsp3) is 0.818. The van der Waals surface area contributed by atoms with Gasteiger partial charge >= 0.3 is 0 Å². The van der Waals surface area contributed by atoms with Gasteiger partial charge in [0.1, 0.15) is 12.2 Å². The van der Waals surface area contributed by atoms with Gasteiger partial charge in [0, 0.05) is 32.8 Å². The van der Waals surface area contributed by atoms with Crippen molar-refractivity contribution in [2.45, 2.75) is 32.5 Å². The molecule has 1 aliphatic heterocycles. The van der Waals surface area contributed by atoms with E-state index in [1.165, 1.54) is 0 Å². The van der Waals surface area contributed by atoms with Gasteiger partial charge < -0.3 is 15.0 Å². The number of rotatable bonds is 6. The molecule has 2 rings (SSSR count). The lowest BCUT2D eigenvalue weighted by Crippen LogP contribution is -2.37. The largest absolute Gasteiger partial charge is 0.377 e. The lowest BCUT2D eigenvalue weighted by atomic mass is 10.2. The van der Waals surface area contributed by atoms with Gasteiger partial charge in [0.25, 0.3) is 0 Å². The van der Waals surface area contributed by atoms with Gasteiger partial charge in [-0.25, -0.2) is 0 Å². The maximum Gasteiger partial charge on any atom is 0.147 e. The molecule has 1 aliphatic rings. The van der Waals surface area contributed by atoms with Crippen molar-refractivity contribution in [2.75, 3.05) is 26.2 Å². The summed E-state index contributed by atoms with van der Waals surface area (Å²) < 4.78 is 7.66. The first-order valence-electron chi connectivity index (χ1n) is 6.24. The molecular formula is C11H21N5O. The molecule has 0 spiro atoms. The molecule has 6 heteroatoms. The molecule has 0 bridgehead atoms. The standard InChI is InChI=1S/C11H21N5O/c1-2-17-10(7-12)3-4-15-5-6-16-9-13-14-11(16)8-15/h9-10H,2-8,12H2,1H3. The number of aromatic nitrogens is 3. The van der Waals surface area contributed by atoms with Crippen LogP contribution in [0.5, 0.6) is 0 Å². The normalized spacial score (nSPS) is 18.0. The third-order valence-electron chi connectivity index (χ3n) is 3.15. The van der Waals surface area contributed by atoms with Gasteiger partial charge in [0.2, 0.25) is 0 Å². The van der Waals surface area contributed by atoms with E-state index in [1.54, 1.807) is 6.33 Å². The average Bonchev–Trinajstić information content (AvgIpc) is 2.81. The topological polar surface area (TPSA) is 69.2 Å². The second-order valence-corrected chi connectivity index (χ2v) is 4.32. The number of hydrogen-bond acceptors (Lipinski definition) is 5. The van der Waals surface area contributed by atoms with Gasteiger partial charge in [-0.15, -0.1) is 10.2 Å². The fourth-order valence-electron chi connectivity index (χ4n) is 2.14. The minimum absolute atomic E-state index is 0.180. The number of ether oxygens (including phenoxy) is 1. The van der Waals surface area contributed by atoms with Crippen LogP contribution in [0.3, 0.4) is 0 Å². The van der Waals surface area contributed by atoms with Crippen molar-refractivity contribution in [1.29, 1.82) is 0 Å². The molecule has 0 radical (unpaired) electrons.